The van der Waals surface area contributed by atoms with E-state index in [-0.39, 0.29) is 12.5 Å². The highest BCUT2D eigenvalue weighted by Crippen LogP contribution is 2.65. The number of unbranched alkanes of at least 4 members (excludes halogenated alkanes) is 14. The monoisotopic (exact) mass is 829 g/mol. The molecule has 59 heavy (non-hydrogen) atoms. The minimum Gasteiger partial charge on any atom is -0.493 e. The lowest BCUT2D eigenvalue weighted by Crippen LogP contribution is -2.74. The zero-order valence-corrected chi connectivity index (χ0v) is 34.8. The largest absolute Gasteiger partial charge is 0.493 e. The number of hydrogen-bond acceptors (Lipinski definition) is 9. The average Bonchev–Trinajstić information content (AvgIpc) is 3.57. The van der Waals surface area contributed by atoms with Crippen LogP contribution in [-0.2, 0) is 35.7 Å². The van der Waals surface area contributed by atoms with E-state index in [2.05, 4.69) is 24.9 Å². The zero-order valence-electron chi connectivity index (χ0n) is 34.8. The summed E-state index contributed by atoms with van der Waals surface area (Å²) in [7, 11) is 3.68. The Balaban J connectivity index is 0.000000867. The van der Waals surface area contributed by atoms with Crippen LogP contribution in [0.4, 0.5) is 13.2 Å². The number of aliphatic hydroxyl groups is 1. The van der Waals surface area contributed by atoms with Crippen LogP contribution >= 0.6 is 0 Å². The number of methoxy groups -OCH3 is 1. The molecule has 1 saturated heterocycles. The first-order valence-corrected chi connectivity index (χ1v) is 21.5. The summed E-state index contributed by atoms with van der Waals surface area (Å²) < 4.78 is 56.2. The third-order valence-electron chi connectivity index (χ3n) is 12.6. The van der Waals surface area contributed by atoms with Gasteiger partial charge in [0.25, 0.3) is 0 Å². The SMILES string of the molecule is CCCCCCCCCCCCCCCCCC(=O)O[C@H](C(=O)OC1=CC[C@@]2(O)[C@H]3Cc4ccc(OC)c5c4[C@@]2(CCN3C)[C@H]1O5)c1ccccc1.O=C(O)C(F)(F)F. The molecule has 2 bridgehead atoms. The third kappa shape index (κ3) is 10.6. The van der Waals surface area contributed by atoms with E-state index in [4.69, 9.17) is 28.8 Å². The summed E-state index contributed by atoms with van der Waals surface area (Å²) in [6.07, 6.45) is 15.5. The first-order chi connectivity index (χ1) is 28.3. The Labute approximate surface area is 346 Å². The minimum absolute atomic E-state index is 0.106. The maximum atomic E-state index is 14.0. The molecule has 2 N–H and O–H groups in total. The molecule has 0 saturated carbocycles. The molecule has 326 valence electrons. The van der Waals surface area contributed by atoms with Crippen molar-refractivity contribution in [1.82, 2.24) is 4.90 Å². The van der Waals surface area contributed by atoms with Gasteiger partial charge in [-0.2, -0.15) is 13.2 Å². The molecule has 0 aromatic heterocycles. The number of nitrogens with zero attached hydrogens (tertiary/aromatic N) is 1. The molecule has 2 aliphatic carbocycles. The lowest BCUT2D eigenvalue weighted by molar-refractivity contribution is -0.192. The zero-order chi connectivity index (χ0) is 42.6. The fourth-order valence-corrected chi connectivity index (χ4v) is 9.47. The molecule has 2 heterocycles. The first-order valence-electron chi connectivity index (χ1n) is 21.5. The highest BCUT2D eigenvalue weighted by atomic mass is 19.4. The van der Waals surface area contributed by atoms with Crippen LogP contribution in [0.25, 0.3) is 0 Å². The summed E-state index contributed by atoms with van der Waals surface area (Å²) in [6, 6.07) is 12.9. The molecule has 6 rings (SSSR count). The van der Waals surface area contributed by atoms with E-state index < -0.39 is 47.3 Å². The van der Waals surface area contributed by atoms with Crippen LogP contribution in [-0.4, -0.2) is 77.6 Å². The third-order valence-corrected chi connectivity index (χ3v) is 12.6. The number of rotatable bonds is 21. The number of carboxylic acid groups (broad SMARTS) is 1. The Hall–Kier alpha value is -4.10. The lowest BCUT2D eigenvalue weighted by atomic mass is 9.50. The van der Waals surface area contributed by atoms with Crippen molar-refractivity contribution >= 4 is 17.9 Å². The Morgan fingerprint density at radius 3 is 2.03 bits per heavy atom. The highest BCUT2D eigenvalue weighted by molar-refractivity contribution is 5.82. The number of likely N-dealkylation sites (N-methyl/N-ethyl adjacent to an activating group) is 1. The smallest absolute Gasteiger partial charge is 0.490 e. The van der Waals surface area contributed by atoms with Gasteiger partial charge in [0.1, 0.15) is 5.76 Å². The molecule has 2 aromatic carbocycles. The number of carboxylic acids is 1. The Morgan fingerprint density at radius 2 is 1.47 bits per heavy atom. The molecule has 1 spiro atoms. The van der Waals surface area contributed by atoms with Crippen molar-refractivity contribution in [1.29, 1.82) is 0 Å². The Bertz CT molecular complexity index is 1750. The molecule has 0 amide bonds. The van der Waals surface area contributed by atoms with Gasteiger partial charge >= 0.3 is 24.1 Å². The molecule has 10 nitrogen and oxygen atoms in total. The Morgan fingerprint density at radius 1 is 0.898 bits per heavy atom. The number of aliphatic carboxylic acids is 1. The van der Waals surface area contributed by atoms with Gasteiger partial charge in [-0.3, -0.25) is 4.79 Å². The van der Waals surface area contributed by atoms with Crippen LogP contribution in [0.15, 0.2) is 54.3 Å². The standard InChI is InChI=1S/C44H61NO7.C2HF3O2/c1-4-5-6-7-8-9-10-11-12-13-14-15-16-17-21-24-37(46)51-39(32-22-19-18-20-23-32)42(47)50-35-27-28-44(48)36-31-33-25-26-34(49-3)40-38(33)43(44,41(35)52-40)29-30-45(36)2;3-2(4,5)1(6)7/h18-20,22-23,25-27,36,39,41,48H,4-17,21,24,28-31H2,1-3H3;(H,6,7)/t36-,39+,41+,43+,44-;/m1./s1. The molecular weight excluding hydrogens is 767 g/mol. The summed E-state index contributed by atoms with van der Waals surface area (Å²) in [5, 5.41) is 19.6. The fourth-order valence-electron chi connectivity index (χ4n) is 9.47. The molecule has 0 radical (unpaired) electrons. The van der Waals surface area contributed by atoms with Crippen molar-refractivity contribution in [3.8, 4) is 11.5 Å². The van der Waals surface area contributed by atoms with Crippen LogP contribution < -0.4 is 9.47 Å². The van der Waals surface area contributed by atoms with E-state index in [0.717, 1.165) is 36.9 Å². The van der Waals surface area contributed by atoms with Gasteiger partial charge in [-0.25, -0.2) is 9.59 Å². The second-order valence-electron chi connectivity index (χ2n) is 16.5. The maximum Gasteiger partial charge on any atom is 0.490 e. The molecular formula is C46H62F3NO9. The van der Waals surface area contributed by atoms with Crippen molar-refractivity contribution < 1.29 is 56.7 Å². The van der Waals surface area contributed by atoms with Crippen LogP contribution in [0.2, 0.25) is 0 Å². The highest BCUT2D eigenvalue weighted by Gasteiger charge is 2.72. The molecule has 4 aliphatic rings. The van der Waals surface area contributed by atoms with E-state index in [1.807, 2.05) is 24.3 Å². The number of benzene rings is 2. The van der Waals surface area contributed by atoms with E-state index in [0.29, 0.717) is 42.1 Å². The van der Waals surface area contributed by atoms with Gasteiger partial charge < -0.3 is 34.1 Å². The predicted octanol–water partition coefficient (Wildman–Crippen LogP) is 9.70. The van der Waals surface area contributed by atoms with E-state index >= 15 is 0 Å². The second kappa shape index (κ2) is 20.9. The number of esters is 2. The molecule has 2 aromatic rings. The van der Waals surface area contributed by atoms with Crippen molar-refractivity contribution in [2.45, 2.75) is 164 Å². The quantitative estimate of drug-likeness (QED) is 0.0926. The summed E-state index contributed by atoms with van der Waals surface area (Å²) in [4.78, 5) is 38.3. The van der Waals surface area contributed by atoms with Crippen molar-refractivity contribution in [3.05, 3.63) is 71.0 Å². The number of piperidine rings is 1. The van der Waals surface area contributed by atoms with Crippen LogP contribution in [0.3, 0.4) is 0 Å². The topological polar surface area (TPSA) is 132 Å². The fraction of sp³-hybridized carbons (Fsp3) is 0.630. The molecule has 1 fully saturated rings. The summed E-state index contributed by atoms with van der Waals surface area (Å²) >= 11 is 0. The van der Waals surface area contributed by atoms with Gasteiger partial charge in [-0.15, -0.1) is 0 Å². The normalized spacial score (nSPS) is 23.1. The number of carbonyl (C=O) groups excluding carboxylic acids is 2. The lowest BCUT2D eigenvalue weighted by Gasteiger charge is -2.61. The van der Waals surface area contributed by atoms with Crippen molar-refractivity contribution in [2.24, 2.45) is 0 Å². The molecule has 0 unspecified atom stereocenters. The summed E-state index contributed by atoms with van der Waals surface area (Å²) in [5.74, 6) is -2.27. The Kier molecular flexibility index (Phi) is 16.3. The first kappa shape index (κ1) is 46.0. The number of alkyl halides is 3. The number of hydrogen-bond donors (Lipinski definition) is 2. The average molecular weight is 830 g/mol. The van der Waals surface area contributed by atoms with Crippen LogP contribution in [0, 0.1) is 0 Å². The number of carbonyl (C=O) groups is 3. The van der Waals surface area contributed by atoms with Gasteiger partial charge in [-0.1, -0.05) is 133 Å². The summed E-state index contributed by atoms with van der Waals surface area (Å²) in [5.41, 5.74) is 0.754. The van der Waals surface area contributed by atoms with Gasteiger partial charge in [0.2, 0.25) is 6.10 Å². The predicted molar refractivity (Wildman–Crippen MR) is 216 cm³/mol. The maximum absolute atomic E-state index is 14.0. The summed E-state index contributed by atoms with van der Waals surface area (Å²) in [6.45, 7) is 3.04. The number of ether oxygens (including phenoxy) is 4. The van der Waals surface area contributed by atoms with Gasteiger partial charge in [0, 0.05) is 30.0 Å². The van der Waals surface area contributed by atoms with Gasteiger partial charge in [0.05, 0.1) is 18.1 Å². The van der Waals surface area contributed by atoms with Crippen molar-refractivity contribution in [2.75, 3.05) is 20.7 Å². The van der Waals surface area contributed by atoms with Gasteiger partial charge in [0.15, 0.2) is 17.6 Å². The number of likely N-dealkylation sites (tertiary alicyclic amines) is 1. The van der Waals surface area contributed by atoms with E-state index in [9.17, 15) is 27.9 Å². The number of halogens is 3. The molecule has 13 heteroatoms. The van der Waals surface area contributed by atoms with Crippen molar-refractivity contribution in [3.63, 3.8) is 0 Å². The van der Waals surface area contributed by atoms with Crippen LogP contribution in [0.5, 0.6) is 11.5 Å². The van der Waals surface area contributed by atoms with Crippen LogP contribution in [0.1, 0.15) is 145 Å². The van der Waals surface area contributed by atoms with E-state index in [1.54, 1.807) is 25.3 Å². The minimum atomic E-state index is -5.08. The second-order valence-corrected chi connectivity index (χ2v) is 16.5. The van der Waals surface area contributed by atoms with Gasteiger partial charge in [-0.05, 0) is 50.6 Å². The molecule has 5 atom stereocenters. The molecule has 2 aliphatic heterocycles. The van der Waals surface area contributed by atoms with E-state index in [1.165, 1.54) is 77.0 Å².